The van der Waals surface area contributed by atoms with Gasteiger partial charge in [-0.1, -0.05) is 50.1 Å². The zero-order valence-corrected chi connectivity index (χ0v) is 18.7. The van der Waals surface area contributed by atoms with E-state index < -0.39 is 33.9 Å². The van der Waals surface area contributed by atoms with Crippen molar-refractivity contribution in [1.29, 1.82) is 0 Å². The van der Waals surface area contributed by atoms with Crippen LogP contribution in [-0.2, 0) is 25.4 Å². The third-order valence-corrected chi connectivity index (χ3v) is 6.06. The van der Waals surface area contributed by atoms with Crippen LogP contribution in [0.4, 0.5) is 4.79 Å². The van der Waals surface area contributed by atoms with E-state index in [0.29, 0.717) is 12.0 Å². The molecule has 0 spiro atoms. The molecular formula is C21H31N3O5S. The monoisotopic (exact) mass is 437 g/mol. The third-order valence-electron chi connectivity index (χ3n) is 5.63. The van der Waals surface area contributed by atoms with Crippen molar-refractivity contribution in [1.82, 2.24) is 10.2 Å². The highest BCUT2D eigenvalue weighted by Crippen LogP contribution is 2.52. The van der Waals surface area contributed by atoms with E-state index in [4.69, 9.17) is 4.74 Å². The van der Waals surface area contributed by atoms with Crippen LogP contribution in [-0.4, -0.2) is 58.1 Å². The van der Waals surface area contributed by atoms with Crippen molar-refractivity contribution in [2.24, 2.45) is 4.36 Å². The standard InChI is InChI=1S/C21H31N3O5S/c1-4-5-12-17(29-3)13-9-14-24(20(26)22-2)19(25)21(15-18(21)23-30(27)28)16-10-7-6-8-11-16/h6-8,10-11,17-18H,4-5,9,12-15H2,1-3H3,(H,22,26). The van der Waals surface area contributed by atoms with Crippen LogP contribution in [0.5, 0.6) is 0 Å². The molecule has 30 heavy (non-hydrogen) atoms. The van der Waals surface area contributed by atoms with Gasteiger partial charge in [0.1, 0.15) is 5.41 Å². The molecule has 1 fully saturated rings. The van der Waals surface area contributed by atoms with Gasteiger partial charge >= 0.3 is 16.5 Å². The molecule has 1 aliphatic rings. The van der Waals surface area contributed by atoms with Crippen LogP contribution in [0.2, 0.25) is 0 Å². The van der Waals surface area contributed by atoms with Gasteiger partial charge in [-0.2, -0.15) is 12.8 Å². The van der Waals surface area contributed by atoms with Crippen LogP contribution in [0, 0.1) is 0 Å². The average Bonchev–Trinajstić information content (AvgIpc) is 3.47. The lowest BCUT2D eigenvalue weighted by Crippen LogP contribution is -2.48. The summed E-state index contributed by atoms with van der Waals surface area (Å²) < 4.78 is 31.5. The Morgan fingerprint density at radius 1 is 1.27 bits per heavy atom. The van der Waals surface area contributed by atoms with Crippen LogP contribution < -0.4 is 5.32 Å². The van der Waals surface area contributed by atoms with Crippen molar-refractivity contribution in [2.75, 3.05) is 20.7 Å². The normalized spacial score (nSPS) is 20.8. The van der Waals surface area contributed by atoms with Gasteiger partial charge in [0, 0.05) is 20.7 Å². The smallest absolute Gasteiger partial charge is 0.323 e. The molecule has 166 valence electrons. The molecule has 3 atom stereocenters. The minimum atomic E-state index is -2.62. The summed E-state index contributed by atoms with van der Waals surface area (Å²) >= 11 is 0. The number of hydrogen-bond acceptors (Lipinski definition) is 6. The topological polar surface area (TPSA) is 105 Å². The lowest BCUT2D eigenvalue weighted by molar-refractivity contribution is -0.131. The van der Waals surface area contributed by atoms with Gasteiger partial charge < -0.3 is 10.1 Å². The van der Waals surface area contributed by atoms with Gasteiger partial charge in [0.05, 0.1) is 12.1 Å². The number of hydrogen-bond donors (Lipinski definition) is 1. The van der Waals surface area contributed by atoms with E-state index in [1.54, 1.807) is 31.4 Å². The van der Waals surface area contributed by atoms with E-state index in [9.17, 15) is 18.0 Å². The fraction of sp³-hybridized carbons (Fsp3) is 0.619. The molecule has 9 heteroatoms. The first-order valence-corrected chi connectivity index (χ1v) is 11.4. The number of carbonyl (C=O) groups is 2. The van der Waals surface area contributed by atoms with Crippen molar-refractivity contribution in [3.63, 3.8) is 0 Å². The first kappa shape index (κ1) is 24.0. The highest BCUT2D eigenvalue weighted by molar-refractivity contribution is 7.61. The summed E-state index contributed by atoms with van der Waals surface area (Å²) in [6.45, 7) is 2.35. The molecule has 2 rings (SSSR count). The molecule has 3 unspecified atom stereocenters. The van der Waals surface area contributed by atoms with Gasteiger partial charge in [0.15, 0.2) is 0 Å². The Labute approximate surface area is 179 Å². The number of benzene rings is 1. The van der Waals surface area contributed by atoms with Crippen molar-refractivity contribution in [2.45, 2.75) is 63.0 Å². The quantitative estimate of drug-likeness (QED) is 0.573. The third kappa shape index (κ3) is 5.66. The highest BCUT2D eigenvalue weighted by atomic mass is 32.2. The summed E-state index contributed by atoms with van der Waals surface area (Å²) in [5.41, 5.74) is -0.461. The number of ether oxygens (including phenoxy) is 1. The van der Waals surface area contributed by atoms with Crippen LogP contribution in [0.1, 0.15) is 51.0 Å². The maximum atomic E-state index is 13.5. The van der Waals surface area contributed by atoms with Gasteiger partial charge in [-0.25, -0.2) is 4.79 Å². The number of urea groups is 1. The number of nitrogens with zero attached hydrogens (tertiary/aromatic N) is 2. The number of nitrogens with one attached hydrogen (secondary N) is 1. The number of carbonyl (C=O) groups excluding carboxylic acids is 2. The summed E-state index contributed by atoms with van der Waals surface area (Å²) in [6.07, 6.45) is 4.74. The predicted molar refractivity (Wildman–Crippen MR) is 114 cm³/mol. The van der Waals surface area contributed by atoms with Gasteiger partial charge in [-0.3, -0.25) is 9.69 Å². The molecule has 1 N–H and O–H groups in total. The van der Waals surface area contributed by atoms with Crippen molar-refractivity contribution < 1.29 is 22.7 Å². The fourth-order valence-corrected chi connectivity index (χ4v) is 4.30. The Balaban J connectivity index is 2.21. The highest BCUT2D eigenvalue weighted by Gasteiger charge is 2.64. The van der Waals surface area contributed by atoms with Gasteiger partial charge in [-0.15, -0.1) is 0 Å². The Hall–Kier alpha value is -2.26. The number of methoxy groups -OCH3 is 1. The van der Waals surface area contributed by atoms with Crippen LogP contribution >= 0.6 is 0 Å². The second kappa shape index (κ2) is 11.2. The van der Waals surface area contributed by atoms with Gasteiger partial charge in [-0.05, 0) is 31.2 Å². The molecule has 0 aromatic heterocycles. The number of imide groups is 1. The van der Waals surface area contributed by atoms with Crippen molar-refractivity contribution in [3.8, 4) is 0 Å². The summed E-state index contributed by atoms with van der Waals surface area (Å²) in [6, 6.07) is 7.73. The molecule has 0 heterocycles. The Morgan fingerprint density at radius 3 is 2.50 bits per heavy atom. The summed E-state index contributed by atoms with van der Waals surface area (Å²) in [5.74, 6) is -0.422. The molecule has 3 amide bonds. The maximum Gasteiger partial charge on any atom is 0.323 e. The van der Waals surface area contributed by atoms with Crippen LogP contribution in [0.15, 0.2) is 34.7 Å². The molecule has 8 nitrogen and oxygen atoms in total. The minimum absolute atomic E-state index is 0.0845. The summed E-state index contributed by atoms with van der Waals surface area (Å²) in [7, 11) is 0.518. The number of rotatable bonds is 11. The Bertz CT molecular complexity index is 851. The maximum absolute atomic E-state index is 13.5. The van der Waals surface area contributed by atoms with E-state index in [-0.39, 0.29) is 19.1 Å². The molecule has 1 saturated carbocycles. The lowest BCUT2D eigenvalue weighted by atomic mass is 9.93. The molecule has 1 aliphatic carbocycles. The Kier molecular flexibility index (Phi) is 8.98. The molecular weight excluding hydrogens is 406 g/mol. The Morgan fingerprint density at radius 2 is 1.93 bits per heavy atom. The molecule has 1 aromatic carbocycles. The summed E-state index contributed by atoms with van der Waals surface area (Å²) in [5, 5.41) is 2.52. The number of amides is 3. The molecule has 1 aromatic rings. The van der Waals surface area contributed by atoms with Crippen LogP contribution in [0.25, 0.3) is 0 Å². The lowest BCUT2D eigenvalue weighted by Gasteiger charge is -2.26. The largest absolute Gasteiger partial charge is 0.381 e. The first-order valence-electron chi connectivity index (χ1n) is 10.3. The van der Waals surface area contributed by atoms with E-state index in [1.807, 2.05) is 6.07 Å². The van der Waals surface area contributed by atoms with Crippen molar-refractivity contribution in [3.05, 3.63) is 35.9 Å². The summed E-state index contributed by atoms with van der Waals surface area (Å²) in [4.78, 5) is 27.2. The SMILES string of the molecule is CCCCC(CCCN(C(=O)NC)C(=O)C1(c2ccccc2)CC1N=S(=O)=O)OC. The van der Waals surface area contributed by atoms with E-state index in [2.05, 4.69) is 16.6 Å². The van der Waals surface area contributed by atoms with Gasteiger partial charge in [0.25, 0.3) is 0 Å². The molecule has 0 saturated heterocycles. The fourth-order valence-electron chi connectivity index (χ4n) is 3.84. The molecule has 0 bridgehead atoms. The molecule has 0 aliphatic heterocycles. The van der Waals surface area contributed by atoms with E-state index in [1.165, 1.54) is 11.9 Å². The average molecular weight is 438 g/mol. The van der Waals surface area contributed by atoms with Crippen LogP contribution in [0.3, 0.4) is 0 Å². The van der Waals surface area contributed by atoms with Crippen molar-refractivity contribution >= 4 is 22.4 Å². The zero-order valence-electron chi connectivity index (χ0n) is 17.8. The van der Waals surface area contributed by atoms with E-state index >= 15 is 0 Å². The second-order valence-corrected chi connectivity index (χ2v) is 8.18. The first-order chi connectivity index (χ1) is 14.4. The predicted octanol–water partition coefficient (Wildman–Crippen LogP) is 2.91. The minimum Gasteiger partial charge on any atom is -0.381 e. The zero-order chi connectivity index (χ0) is 22.1. The number of unbranched alkanes of at least 4 members (excludes halogenated alkanes) is 1. The van der Waals surface area contributed by atoms with Gasteiger partial charge in [0.2, 0.25) is 5.91 Å². The van der Waals surface area contributed by atoms with E-state index in [0.717, 1.165) is 25.7 Å². The molecule has 0 radical (unpaired) electrons. The second-order valence-electron chi connectivity index (χ2n) is 7.53.